The van der Waals surface area contributed by atoms with E-state index in [4.69, 9.17) is 27.9 Å². The van der Waals surface area contributed by atoms with Gasteiger partial charge < -0.3 is 15.0 Å². The van der Waals surface area contributed by atoms with Crippen molar-refractivity contribution in [2.75, 3.05) is 6.61 Å². The summed E-state index contributed by atoms with van der Waals surface area (Å²) in [4.78, 5) is 28.0. The first-order chi connectivity index (χ1) is 16.1. The molecule has 1 aliphatic carbocycles. The van der Waals surface area contributed by atoms with Crippen LogP contribution >= 0.6 is 23.2 Å². The molecule has 0 heterocycles. The van der Waals surface area contributed by atoms with Gasteiger partial charge in [0.1, 0.15) is 11.8 Å². The molecule has 184 valence electrons. The Labute approximate surface area is 212 Å². The summed E-state index contributed by atoms with van der Waals surface area (Å²) in [7, 11) is 0. The van der Waals surface area contributed by atoms with E-state index >= 15 is 0 Å². The van der Waals surface area contributed by atoms with Crippen molar-refractivity contribution in [2.24, 2.45) is 0 Å². The first-order valence-electron chi connectivity index (χ1n) is 11.8. The highest BCUT2D eigenvalue weighted by atomic mass is 35.5. The number of carbonyl (C=O) groups excluding carboxylic acids is 2. The average molecular weight is 505 g/mol. The first kappa shape index (κ1) is 26.4. The molecule has 1 atom stereocenters. The van der Waals surface area contributed by atoms with Crippen LogP contribution in [0.5, 0.6) is 5.75 Å². The largest absolute Gasteiger partial charge is 0.483 e. The van der Waals surface area contributed by atoms with Crippen molar-refractivity contribution < 1.29 is 14.3 Å². The minimum absolute atomic E-state index is 0.134. The molecule has 0 saturated heterocycles. The third kappa shape index (κ3) is 6.89. The van der Waals surface area contributed by atoms with Crippen LogP contribution in [0.3, 0.4) is 0 Å². The van der Waals surface area contributed by atoms with E-state index in [-0.39, 0.29) is 36.4 Å². The first-order valence-corrected chi connectivity index (χ1v) is 12.6. The molecule has 0 spiro atoms. The van der Waals surface area contributed by atoms with Gasteiger partial charge in [-0.2, -0.15) is 0 Å². The lowest BCUT2D eigenvalue weighted by atomic mass is 9.86. The highest BCUT2D eigenvalue weighted by Gasteiger charge is 2.29. The molecule has 1 fully saturated rings. The van der Waals surface area contributed by atoms with Crippen molar-refractivity contribution in [2.45, 2.75) is 77.4 Å². The SMILES string of the molecule is C[C@@H](C(=O)NC1CCCC1)N(Cc1ccc(Cl)cc1Cl)C(=O)COc1ccccc1C(C)(C)C. The summed E-state index contributed by atoms with van der Waals surface area (Å²) in [6, 6.07) is 12.3. The number of para-hydroxylation sites is 1. The normalized spacial score (nSPS) is 15.1. The Morgan fingerprint density at radius 3 is 2.44 bits per heavy atom. The smallest absolute Gasteiger partial charge is 0.261 e. The van der Waals surface area contributed by atoms with Crippen LogP contribution in [0.15, 0.2) is 42.5 Å². The number of rotatable bonds is 8. The number of amides is 2. The third-order valence-electron chi connectivity index (χ3n) is 6.27. The average Bonchev–Trinajstić information content (AvgIpc) is 3.29. The predicted molar refractivity (Wildman–Crippen MR) is 138 cm³/mol. The van der Waals surface area contributed by atoms with E-state index in [0.29, 0.717) is 15.8 Å². The van der Waals surface area contributed by atoms with E-state index in [1.54, 1.807) is 25.1 Å². The van der Waals surface area contributed by atoms with E-state index in [9.17, 15) is 9.59 Å². The summed E-state index contributed by atoms with van der Waals surface area (Å²) < 4.78 is 5.98. The fourth-order valence-electron chi connectivity index (χ4n) is 4.24. The molecule has 7 heteroatoms. The molecule has 0 bridgehead atoms. The van der Waals surface area contributed by atoms with Gasteiger partial charge in [0.25, 0.3) is 5.91 Å². The number of hydrogen-bond donors (Lipinski definition) is 1. The second kappa shape index (κ2) is 11.5. The second-order valence-electron chi connectivity index (χ2n) is 9.96. The molecular formula is C27H34Cl2N2O3. The van der Waals surface area contributed by atoms with E-state index < -0.39 is 6.04 Å². The zero-order valence-corrected chi connectivity index (χ0v) is 21.9. The number of nitrogens with zero attached hydrogens (tertiary/aromatic N) is 1. The molecule has 0 unspecified atom stereocenters. The van der Waals surface area contributed by atoms with Crippen molar-refractivity contribution in [3.05, 3.63) is 63.6 Å². The molecule has 3 rings (SSSR count). The number of carbonyl (C=O) groups is 2. The summed E-state index contributed by atoms with van der Waals surface area (Å²) in [6.07, 6.45) is 4.18. The lowest BCUT2D eigenvalue weighted by Gasteiger charge is -2.30. The Morgan fingerprint density at radius 1 is 1.12 bits per heavy atom. The molecular weight excluding hydrogens is 471 g/mol. The number of ether oxygens (including phenoxy) is 1. The third-order valence-corrected chi connectivity index (χ3v) is 6.86. The summed E-state index contributed by atoms with van der Waals surface area (Å²) in [5, 5.41) is 4.06. The zero-order valence-electron chi connectivity index (χ0n) is 20.4. The molecule has 1 saturated carbocycles. The Hall–Kier alpha value is -2.24. The highest BCUT2D eigenvalue weighted by Crippen LogP contribution is 2.31. The van der Waals surface area contributed by atoms with Crippen molar-refractivity contribution in [3.8, 4) is 5.75 Å². The number of nitrogens with one attached hydrogen (secondary N) is 1. The molecule has 34 heavy (non-hydrogen) atoms. The number of halogens is 2. The maximum absolute atomic E-state index is 13.4. The number of benzene rings is 2. The lowest BCUT2D eigenvalue weighted by molar-refractivity contribution is -0.142. The molecule has 0 aromatic heterocycles. The van der Waals surface area contributed by atoms with Crippen LogP contribution in [0.2, 0.25) is 10.0 Å². The monoisotopic (exact) mass is 504 g/mol. The van der Waals surface area contributed by atoms with E-state index in [0.717, 1.165) is 36.8 Å². The maximum atomic E-state index is 13.4. The maximum Gasteiger partial charge on any atom is 0.261 e. The van der Waals surface area contributed by atoms with Gasteiger partial charge >= 0.3 is 0 Å². The Kier molecular flexibility index (Phi) is 8.89. The van der Waals surface area contributed by atoms with Gasteiger partial charge in [0.15, 0.2) is 6.61 Å². The van der Waals surface area contributed by atoms with Crippen LogP contribution < -0.4 is 10.1 Å². The van der Waals surface area contributed by atoms with Crippen LogP contribution in [-0.2, 0) is 21.5 Å². The van der Waals surface area contributed by atoms with Gasteiger partial charge in [-0.1, -0.05) is 81.1 Å². The molecule has 2 aromatic rings. The van der Waals surface area contributed by atoms with Gasteiger partial charge in [0.05, 0.1) is 0 Å². The Balaban J connectivity index is 1.79. The lowest BCUT2D eigenvalue weighted by Crippen LogP contribution is -2.50. The van der Waals surface area contributed by atoms with E-state index in [1.807, 2.05) is 24.3 Å². The number of hydrogen-bond acceptors (Lipinski definition) is 3. The van der Waals surface area contributed by atoms with Crippen molar-refractivity contribution in [1.29, 1.82) is 0 Å². The van der Waals surface area contributed by atoms with Gasteiger partial charge in [0, 0.05) is 22.6 Å². The van der Waals surface area contributed by atoms with Crippen LogP contribution in [0.25, 0.3) is 0 Å². The Morgan fingerprint density at radius 2 is 1.79 bits per heavy atom. The molecule has 1 N–H and O–H groups in total. The topological polar surface area (TPSA) is 58.6 Å². The van der Waals surface area contributed by atoms with Crippen LogP contribution in [0, 0.1) is 0 Å². The van der Waals surface area contributed by atoms with Crippen LogP contribution in [0.4, 0.5) is 0 Å². The van der Waals surface area contributed by atoms with Gasteiger partial charge in [-0.05, 0) is 54.5 Å². The van der Waals surface area contributed by atoms with Gasteiger partial charge in [-0.3, -0.25) is 9.59 Å². The van der Waals surface area contributed by atoms with Gasteiger partial charge in [0.2, 0.25) is 5.91 Å². The zero-order chi connectivity index (χ0) is 24.9. The molecule has 1 aliphatic rings. The Bertz CT molecular complexity index is 1010. The fraction of sp³-hybridized carbons (Fsp3) is 0.481. The van der Waals surface area contributed by atoms with Gasteiger partial charge in [-0.15, -0.1) is 0 Å². The summed E-state index contributed by atoms with van der Waals surface area (Å²) in [5.41, 5.74) is 1.60. The van der Waals surface area contributed by atoms with E-state index in [1.165, 1.54) is 4.90 Å². The molecule has 2 aromatic carbocycles. The van der Waals surface area contributed by atoms with Crippen LogP contribution in [0.1, 0.15) is 64.5 Å². The molecule has 0 aliphatic heterocycles. The van der Waals surface area contributed by atoms with Gasteiger partial charge in [-0.25, -0.2) is 0 Å². The highest BCUT2D eigenvalue weighted by molar-refractivity contribution is 6.35. The predicted octanol–water partition coefficient (Wildman–Crippen LogP) is 6.15. The standard InChI is InChI=1S/C27H34Cl2N2O3/c1-18(26(33)30-21-9-5-6-10-21)31(16-19-13-14-20(28)15-23(19)29)25(32)17-34-24-12-8-7-11-22(24)27(2,3)4/h7-8,11-15,18,21H,5-6,9-10,16-17H2,1-4H3,(H,30,33)/t18-/m0/s1. The van der Waals surface area contributed by atoms with Crippen molar-refractivity contribution in [3.63, 3.8) is 0 Å². The molecule has 0 radical (unpaired) electrons. The molecule has 5 nitrogen and oxygen atoms in total. The minimum Gasteiger partial charge on any atom is -0.483 e. The quantitative estimate of drug-likeness (QED) is 0.469. The fourth-order valence-corrected chi connectivity index (χ4v) is 4.71. The minimum atomic E-state index is -0.679. The summed E-state index contributed by atoms with van der Waals surface area (Å²) in [5.74, 6) is 0.208. The van der Waals surface area contributed by atoms with Crippen molar-refractivity contribution in [1.82, 2.24) is 10.2 Å². The second-order valence-corrected chi connectivity index (χ2v) is 10.8. The summed E-state index contributed by atoms with van der Waals surface area (Å²) in [6.45, 7) is 8.04. The molecule has 2 amide bonds. The van der Waals surface area contributed by atoms with Crippen LogP contribution in [-0.4, -0.2) is 35.4 Å². The summed E-state index contributed by atoms with van der Waals surface area (Å²) >= 11 is 12.4. The van der Waals surface area contributed by atoms with E-state index in [2.05, 4.69) is 26.1 Å². The van der Waals surface area contributed by atoms with Crippen molar-refractivity contribution >= 4 is 35.0 Å².